The lowest BCUT2D eigenvalue weighted by Gasteiger charge is -2.15. The highest BCUT2D eigenvalue weighted by Gasteiger charge is 2.16. The van der Waals surface area contributed by atoms with E-state index in [1.807, 2.05) is 13.8 Å². The van der Waals surface area contributed by atoms with Crippen molar-refractivity contribution in [3.8, 4) is 10.4 Å². The molecule has 2 aromatic rings. The quantitative estimate of drug-likeness (QED) is 0.833. The molecule has 0 saturated carbocycles. The number of rotatable bonds is 2. The smallest absolute Gasteiger partial charge is 0.0446 e. The van der Waals surface area contributed by atoms with Gasteiger partial charge in [0.25, 0.3) is 0 Å². The Morgan fingerprint density at radius 3 is 2.44 bits per heavy atom. The van der Waals surface area contributed by atoms with Gasteiger partial charge in [-0.15, -0.1) is 11.3 Å². The molecule has 1 nitrogen and oxygen atoms in total. The first kappa shape index (κ1) is 11.4. The molecule has 2 rings (SSSR count). The standard InChI is InChI=1S/C14H17NS/c1-10-5-4-6-11(9-10)12-7-8-13(16-12)14(2,3)15/h4-9H,15H2,1-3H3. The second-order valence-corrected chi connectivity index (χ2v) is 5.84. The number of aryl methyl sites for hydroxylation is 1. The van der Waals surface area contributed by atoms with Gasteiger partial charge in [0.05, 0.1) is 0 Å². The van der Waals surface area contributed by atoms with E-state index < -0.39 is 0 Å². The zero-order chi connectivity index (χ0) is 11.8. The normalized spacial score (nSPS) is 11.8. The third-order valence-electron chi connectivity index (χ3n) is 2.54. The third-order valence-corrected chi connectivity index (χ3v) is 4.02. The second kappa shape index (κ2) is 4.04. The first-order valence-electron chi connectivity index (χ1n) is 5.43. The fraction of sp³-hybridized carbons (Fsp3) is 0.286. The highest BCUT2D eigenvalue weighted by atomic mass is 32.1. The molecule has 16 heavy (non-hydrogen) atoms. The van der Waals surface area contributed by atoms with Crippen LogP contribution in [0, 0.1) is 6.92 Å². The largest absolute Gasteiger partial charge is 0.321 e. The Hall–Kier alpha value is -1.12. The number of hydrogen-bond acceptors (Lipinski definition) is 2. The fourth-order valence-electron chi connectivity index (χ4n) is 1.64. The summed E-state index contributed by atoms with van der Waals surface area (Å²) in [5.74, 6) is 0. The maximum absolute atomic E-state index is 6.09. The lowest BCUT2D eigenvalue weighted by atomic mass is 10.1. The minimum Gasteiger partial charge on any atom is -0.321 e. The molecule has 0 aliphatic carbocycles. The zero-order valence-corrected chi connectivity index (χ0v) is 10.8. The van der Waals surface area contributed by atoms with Crippen molar-refractivity contribution in [2.45, 2.75) is 26.3 Å². The molecule has 0 saturated heterocycles. The molecule has 0 radical (unpaired) electrons. The summed E-state index contributed by atoms with van der Waals surface area (Å²) in [6.07, 6.45) is 0. The summed E-state index contributed by atoms with van der Waals surface area (Å²) in [6.45, 7) is 6.20. The van der Waals surface area contributed by atoms with E-state index in [-0.39, 0.29) is 5.54 Å². The maximum atomic E-state index is 6.09. The molecule has 2 N–H and O–H groups in total. The van der Waals surface area contributed by atoms with Crippen LogP contribution in [-0.4, -0.2) is 0 Å². The van der Waals surface area contributed by atoms with E-state index in [4.69, 9.17) is 5.73 Å². The molecule has 0 amide bonds. The fourth-order valence-corrected chi connectivity index (χ4v) is 2.65. The molecule has 0 spiro atoms. The summed E-state index contributed by atoms with van der Waals surface area (Å²) in [5, 5.41) is 0. The molecule has 0 atom stereocenters. The molecular weight excluding hydrogens is 214 g/mol. The van der Waals surface area contributed by atoms with E-state index in [9.17, 15) is 0 Å². The lowest BCUT2D eigenvalue weighted by Crippen LogP contribution is -2.27. The lowest BCUT2D eigenvalue weighted by molar-refractivity contribution is 0.567. The molecule has 84 valence electrons. The average Bonchev–Trinajstić information content (AvgIpc) is 2.65. The van der Waals surface area contributed by atoms with Gasteiger partial charge in [-0.05, 0) is 38.5 Å². The van der Waals surface area contributed by atoms with Crippen LogP contribution in [0.4, 0.5) is 0 Å². The minimum absolute atomic E-state index is 0.243. The molecule has 0 bridgehead atoms. The van der Waals surface area contributed by atoms with E-state index in [0.717, 1.165) is 0 Å². The summed E-state index contributed by atoms with van der Waals surface area (Å²) >= 11 is 1.78. The van der Waals surface area contributed by atoms with Gasteiger partial charge in [0.1, 0.15) is 0 Å². The van der Waals surface area contributed by atoms with Crippen molar-refractivity contribution in [3.63, 3.8) is 0 Å². The summed E-state index contributed by atoms with van der Waals surface area (Å²) in [5.41, 5.74) is 8.41. The van der Waals surface area contributed by atoms with Crippen LogP contribution in [0.3, 0.4) is 0 Å². The van der Waals surface area contributed by atoms with Gasteiger partial charge in [0.2, 0.25) is 0 Å². The van der Waals surface area contributed by atoms with Crippen molar-refractivity contribution in [1.29, 1.82) is 0 Å². The van der Waals surface area contributed by atoms with Crippen molar-refractivity contribution in [1.82, 2.24) is 0 Å². The zero-order valence-electron chi connectivity index (χ0n) is 9.95. The molecule has 0 aliphatic rings. The third kappa shape index (κ3) is 2.34. The predicted octanol–water partition coefficient (Wildman–Crippen LogP) is 3.92. The Kier molecular flexibility index (Phi) is 2.87. The number of nitrogens with two attached hydrogens (primary N) is 1. The summed E-state index contributed by atoms with van der Waals surface area (Å²) < 4.78 is 0. The maximum Gasteiger partial charge on any atom is 0.0446 e. The van der Waals surface area contributed by atoms with Crippen LogP contribution in [0.25, 0.3) is 10.4 Å². The molecule has 1 heterocycles. The number of benzene rings is 1. The van der Waals surface area contributed by atoms with E-state index in [1.165, 1.54) is 20.9 Å². The van der Waals surface area contributed by atoms with Crippen molar-refractivity contribution in [2.24, 2.45) is 5.73 Å². The van der Waals surface area contributed by atoms with E-state index in [1.54, 1.807) is 11.3 Å². The van der Waals surface area contributed by atoms with Crippen molar-refractivity contribution in [3.05, 3.63) is 46.8 Å². The molecule has 0 aliphatic heterocycles. The molecule has 1 aromatic heterocycles. The van der Waals surface area contributed by atoms with Gasteiger partial charge in [0, 0.05) is 15.3 Å². The highest BCUT2D eigenvalue weighted by Crippen LogP contribution is 2.32. The Morgan fingerprint density at radius 2 is 1.88 bits per heavy atom. The van der Waals surface area contributed by atoms with Gasteiger partial charge in [-0.3, -0.25) is 0 Å². The van der Waals surface area contributed by atoms with Crippen LogP contribution >= 0.6 is 11.3 Å². The van der Waals surface area contributed by atoms with Gasteiger partial charge >= 0.3 is 0 Å². The van der Waals surface area contributed by atoms with E-state index >= 15 is 0 Å². The first-order valence-corrected chi connectivity index (χ1v) is 6.25. The van der Waals surface area contributed by atoms with Gasteiger partial charge < -0.3 is 5.73 Å². The Labute approximate surface area is 101 Å². The second-order valence-electron chi connectivity index (χ2n) is 4.76. The Bertz CT molecular complexity index is 491. The van der Waals surface area contributed by atoms with E-state index in [2.05, 4.69) is 43.3 Å². The average molecular weight is 231 g/mol. The Morgan fingerprint density at radius 1 is 1.12 bits per heavy atom. The summed E-state index contributed by atoms with van der Waals surface area (Å²) in [7, 11) is 0. The number of hydrogen-bond donors (Lipinski definition) is 1. The van der Waals surface area contributed by atoms with Crippen molar-refractivity contribution < 1.29 is 0 Å². The molecular formula is C14H17NS. The van der Waals surface area contributed by atoms with Gasteiger partial charge in [0.15, 0.2) is 0 Å². The molecule has 1 aromatic carbocycles. The van der Waals surface area contributed by atoms with Crippen molar-refractivity contribution >= 4 is 11.3 Å². The van der Waals surface area contributed by atoms with Gasteiger partial charge in [-0.2, -0.15) is 0 Å². The van der Waals surface area contributed by atoms with Crippen LogP contribution in [-0.2, 0) is 5.54 Å². The van der Waals surface area contributed by atoms with Gasteiger partial charge in [-0.25, -0.2) is 0 Å². The highest BCUT2D eigenvalue weighted by molar-refractivity contribution is 7.15. The predicted molar refractivity (Wildman–Crippen MR) is 71.7 cm³/mol. The van der Waals surface area contributed by atoms with Crippen LogP contribution in [0.2, 0.25) is 0 Å². The molecule has 2 heteroatoms. The van der Waals surface area contributed by atoms with Crippen LogP contribution in [0.1, 0.15) is 24.3 Å². The van der Waals surface area contributed by atoms with Crippen molar-refractivity contribution in [2.75, 3.05) is 0 Å². The van der Waals surface area contributed by atoms with Crippen LogP contribution < -0.4 is 5.73 Å². The minimum atomic E-state index is -0.243. The SMILES string of the molecule is Cc1cccc(-c2ccc(C(C)(C)N)s2)c1. The molecule has 0 unspecified atom stereocenters. The summed E-state index contributed by atoms with van der Waals surface area (Å²) in [6, 6.07) is 12.8. The number of thiophene rings is 1. The molecule has 0 fully saturated rings. The topological polar surface area (TPSA) is 26.0 Å². The monoisotopic (exact) mass is 231 g/mol. The van der Waals surface area contributed by atoms with Crippen LogP contribution in [0.15, 0.2) is 36.4 Å². The Balaban J connectivity index is 2.39. The first-order chi connectivity index (χ1) is 7.47. The van der Waals surface area contributed by atoms with Gasteiger partial charge in [-0.1, -0.05) is 29.8 Å². The van der Waals surface area contributed by atoms with E-state index in [0.29, 0.717) is 0 Å². The summed E-state index contributed by atoms with van der Waals surface area (Å²) in [4.78, 5) is 2.52. The van der Waals surface area contributed by atoms with Crippen LogP contribution in [0.5, 0.6) is 0 Å².